The second-order valence-corrected chi connectivity index (χ2v) is 4.42. The van der Waals surface area contributed by atoms with Gasteiger partial charge < -0.3 is 10.1 Å². The first-order valence-electron chi connectivity index (χ1n) is 4.95. The molecule has 1 N–H and O–H groups in total. The van der Waals surface area contributed by atoms with Crippen molar-refractivity contribution in [3.63, 3.8) is 0 Å². The molecular weight excluding hydrogens is 178 g/mol. The smallest absolute Gasteiger partial charge is 0.384 e. The molecule has 0 saturated carbocycles. The molecule has 0 aromatic heterocycles. The fourth-order valence-corrected chi connectivity index (χ4v) is 1.26. The van der Waals surface area contributed by atoms with Crippen molar-refractivity contribution in [2.45, 2.75) is 45.3 Å². The van der Waals surface area contributed by atoms with Gasteiger partial charge in [-0.25, -0.2) is 4.79 Å². The van der Waals surface area contributed by atoms with E-state index in [2.05, 4.69) is 17.2 Å². The normalized spacial score (nSPS) is 21.2. The van der Waals surface area contributed by atoms with Crippen molar-refractivity contribution in [1.82, 2.24) is 5.32 Å². The lowest BCUT2D eigenvalue weighted by Gasteiger charge is -2.17. The summed E-state index contributed by atoms with van der Waals surface area (Å²) in [7, 11) is 0. The average molecular weight is 195 g/mol. The Balaban J connectivity index is 2.39. The van der Waals surface area contributed by atoms with E-state index in [1.165, 1.54) is 0 Å². The molecule has 0 aliphatic carbocycles. The van der Waals surface area contributed by atoms with E-state index in [-0.39, 0.29) is 6.04 Å². The highest BCUT2D eigenvalue weighted by Crippen LogP contribution is 2.06. The molecule has 14 heavy (non-hydrogen) atoms. The van der Waals surface area contributed by atoms with Gasteiger partial charge >= 0.3 is 5.97 Å². The van der Waals surface area contributed by atoms with Crippen LogP contribution in [0.5, 0.6) is 0 Å². The van der Waals surface area contributed by atoms with Gasteiger partial charge in [-0.3, -0.25) is 0 Å². The topological polar surface area (TPSA) is 38.3 Å². The third-order valence-electron chi connectivity index (χ3n) is 1.81. The maximum atomic E-state index is 11.2. The lowest BCUT2D eigenvalue weighted by atomic mass is 10.2. The van der Waals surface area contributed by atoms with Gasteiger partial charge in [0.1, 0.15) is 5.60 Å². The summed E-state index contributed by atoms with van der Waals surface area (Å²) in [5.74, 6) is 4.94. The predicted octanol–water partition coefficient (Wildman–Crippen LogP) is 1.08. The minimum atomic E-state index is -0.450. The van der Waals surface area contributed by atoms with E-state index in [1.54, 1.807) is 0 Å². The van der Waals surface area contributed by atoms with Gasteiger partial charge in [0.15, 0.2) is 0 Å². The minimum Gasteiger partial charge on any atom is -0.450 e. The summed E-state index contributed by atoms with van der Waals surface area (Å²) in [6.07, 6.45) is 2.16. The number of ether oxygens (including phenoxy) is 1. The van der Waals surface area contributed by atoms with Crippen molar-refractivity contribution in [2.24, 2.45) is 0 Å². The van der Waals surface area contributed by atoms with Crippen molar-refractivity contribution >= 4 is 5.97 Å². The van der Waals surface area contributed by atoms with E-state index in [0.29, 0.717) is 0 Å². The molecule has 1 aliphatic heterocycles. The first-order chi connectivity index (χ1) is 6.47. The molecule has 0 bridgehead atoms. The fraction of sp³-hybridized carbons (Fsp3) is 0.727. The van der Waals surface area contributed by atoms with Crippen LogP contribution < -0.4 is 5.32 Å². The van der Waals surface area contributed by atoms with Crippen molar-refractivity contribution in [1.29, 1.82) is 0 Å². The molecule has 78 valence electrons. The molecular formula is C11H17NO2. The zero-order chi connectivity index (χ0) is 10.6. The van der Waals surface area contributed by atoms with Gasteiger partial charge in [-0.2, -0.15) is 0 Å². The third-order valence-corrected chi connectivity index (χ3v) is 1.81. The van der Waals surface area contributed by atoms with Gasteiger partial charge in [-0.15, -0.1) is 0 Å². The Morgan fingerprint density at radius 2 is 2.21 bits per heavy atom. The predicted molar refractivity (Wildman–Crippen MR) is 54.6 cm³/mol. The Morgan fingerprint density at radius 1 is 1.50 bits per heavy atom. The third kappa shape index (κ3) is 4.29. The summed E-state index contributed by atoms with van der Waals surface area (Å²) in [6.45, 7) is 6.49. The fourth-order valence-electron chi connectivity index (χ4n) is 1.26. The standard InChI is InChI=1S/C11H17NO2/c1-11(2,3)14-10(13)7-6-9-5-4-8-12-9/h9,12H,4-5,8H2,1-3H3. The highest BCUT2D eigenvalue weighted by atomic mass is 16.6. The molecule has 3 nitrogen and oxygen atoms in total. The van der Waals surface area contributed by atoms with Crippen molar-refractivity contribution in [2.75, 3.05) is 6.54 Å². The zero-order valence-electron chi connectivity index (χ0n) is 9.02. The van der Waals surface area contributed by atoms with Crippen LogP contribution >= 0.6 is 0 Å². The minimum absolute atomic E-state index is 0.169. The van der Waals surface area contributed by atoms with Crippen molar-refractivity contribution in [3.05, 3.63) is 0 Å². The molecule has 1 fully saturated rings. The van der Waals surface area contributed by atoms with Gasteiger partial charge in [-0.05, 0) is 40.2 Å². The maximum Gasteiger partial charge on any atom is 0.384 e. The molecule has 1 rings (SSSR count). The van der Waals surface area contributed by atoms with E-state index >= 15 is 0 Å². The molecule has 0 aromatic carbocycles. The lowest BCUT2D eigenvalue weighted by Crippen LogP contribution is -2.24. The van der Waals surface area contributed by atoms with Crippen LogP contribution in [0.2, 0.25) is 0 Å². The summed E-state index contributed by atoms with van der Waals surface area (Å²) >= 11 is 0. The van der Waals surface area contributed by atoms with Gasteiger partial charge in [0.25, 0.3) is 0 Å². The summed E-state index contributed by atoms with van der Waals surface area (Å²) in [4.78, 5) is 11.2. The largest absolute Gasteiger partial charge is 0.450 e. The highest BCUT2D eigenvalue weighted by Gasteiger charge is 2.15. The van der Waals surface area contributed by atoms with E-state index < -0.39 is 11.6 Å². The van der Waals surface area contributed by atoms with E-state index in [9.17, 15) is 4.79 Å². The first-order valence-corrected chi connectivity index (χ1v) is 4.95. The number of carbonyl (C=O) groups is 1. The summed E-state index contributed by atoms with van der Waals surface area (Å²) in [5, 5.41) is 3.19. The van der Waals surface area contributed by atoms with Crippen LogP contribution in [0, 0.1) is 11.8 Å². The number of rotatable bonds is 0. The SMILES string of the molecule is CC(C)(C)OC(=O)C#CC1CCCN1. The molecule has 1 unspecified atom stereocenters. The Morgan fingerprint density at radius 3 is 2.71 bits per heavy atom. The molecule has 1 atom stereocenters. The van der Waals surface area contributed by atoms with Crippen LogP contribution in [0.25, 0.3) is 0 Å². The molecule has 0 aromatic rings. The number of hydrogen-bond acceptors (Lipinski definition) is 3. The first kappa shape index (κ1) is 11.1. The van der Waals surface area contributed by atoms with Crippen LogP contribution in [-0.2, 0) is 9.53 Å². The molecule has 0 radical (unpaired) electrons. The maximum absolute atomic E-state index is 11.2. The number of hydrogen-bond donors (Lipinski definition) is 1. The van der Waals surface area contributed by atoms with Gasteiger partial charge in [-0.1, -0.05) is 5.92 Å². The van der Waals surface area contributed by atoms with Gasteiger partial charge in [0.2, 0.25) is 0 Å². The van der Waals surface area contributed by atoms with Crippen LogP contribution in [0.15, 0.2) is 0 Å². The summed E-state index contributed by atoms with van der Waals surface area (Å²) in [6, 6.07) is 0.169. The number of carbonyl (C=O) groups excluding carboxylic acids is 1. The number of esters is 1. The summed E-state index contributed by atoms with van der Waals surface area (Å²) in [5.41, 5.74) is -0.450. The van der Waals surface area contributed by atoms with Crippen LogP contribution in [0.1, 0.15) is 33.6 Å². The van der Waals surface area contributed by atoms with Gasteiger partial charge in [0.05, 0.1) is 6.04 Å². The Labute approximate surface area is 85.2 Å². The zero-order valence-corrected chi connectivity index (χ0v) is 9.02. The van der Waals surface area contributed by atoms with Crippen LogP contribution in [0.3, 0.4) is 0 Å². The molecule has 0 spiro atoms. The Kier molecular flexibility index (Phi) is 3.54. The molecule has 1 saturated heterocycles. The molecule has 0 amide bonds. The molecule has 1 heterocycles. The van der Waals surface area contributed by atoms with Gasteiger partial charge in [0, 0.05) is 5.92 Å². The molecule has 3 heteroatoms. The second-order valence-electron chi connectivity index (χ2n) is 4.42. The number of nitrogens with one attached hydrogen (secondary N) is 1. The lowest BCUT2D eigenvalue weighted by molar-refractivity contribution is -0.147. The monoisotopic (exact) mass is 195 g/mol. The summed E-state index contributed by atoms with van der Waals surface area (Å²) < 4.78 is 5.06. The average Bonchev–Trinajstić information content (AvgIpc) is 2.49. The Bertz CT molecular complexity index is 261. The van der Waals surface area contributed by atoms with Crippen LogP contribution in [0.4, 0.5) is 0 Å². The molecule has 1 aliphatic rings. The van der Waals surface area contributed by atoms with Crippen LogP contribution in [-0.4, -0.2) is 24.2 Å². The van der Waals surface area contributed by atoms with Crippen molar-refractivity contribution < 1.29 is 9.53 Å². The Hall–Kier alpha value is -1.01. The van der Waals surface area contributed by atoms with E-state index in [4.69, 9.17) is 4.74 Å². The quantitative estimate of drug-likeness (QED) is 0.357. The van der Waals surface area contributed by atoms with E-state index in [1.807, 2.05) is 20.8 Å². The second kappa shape index (κ2) is 4.47. The van der Waals surface area contributed by atoms with E-state index in [0.717, 1.165) is 19.4 Å². The van der Waals surface area contributed by atoms with Crippen molar-refractivity contribution in [3.8, 4) is 11.8 Å². The highest BCUT2D eigenvalue weighted by molar-refractivity contribution is 5.88.